The molecule has 0 aliphatic carbocycles. The average molecular weight is 469 g/mol. The number of rotatable bonds is 0. The van der Waals surface area contributed by atoms with Gasteiger partial charge in [0.1, 0.15) is 0 Å². The molecule has 0 saturated heterocycles. The Morgan fingerprint density at radius 3 is 0.600 bits per heavy atom. The molecule has 0 aliphatic heterocycles. The van der Waals surface area contributed by atoms with Crippen molar-refractivity contribution in [1.29, 1.82) is 0 Å². The summed E-state index contributed by atoms with van der Waals surface area (Å²) in [5.41, 5.74) is 0. The third kappa shape index (κ3) is 25.4. The molecule has 0 amide bonds. The standard InChI is InChI=1S/3CH4.2Pb.3H2/h3*1H4;;;3*1H. The molecule has 0 rings (SSSR count). The second kappa shape index (κ2) is 40.3. The second-order valence-electron chi connectivity index (χ2n) is 0. The fourth-order valence-electron chi connectivity index (χ4n) is 0. The van der Waals surface area contributed by atoms with Crippen LogP contribution in [-0.2, 0) is 0 Å². The summed E-state index contributed by atoms with van der Waals surface area (Å²) in [5, 5.41) is 0. The maximum atomic E-state index is 0. The molecule has 2 heteroatoms. The molecule has 0 bridgehead atoms. The van der Waals surface area contributed by atoms with E-state index in [2.05, 4.69) is 0 Å². The van der Waals surface area contributed by atoms with Crippen molar-refractivity contribution >= 4 is 54.6 Å². The van der Waals surface area contributed by atoms with Crippen LogP contribution in [0.2, 0.25) is 0 Å². The summed E-state index contributed by atoms with van der Waals surface area (Å²) in [6, 6.07) is 0. The Morgan fingerprint density at radius 2 is 0.600 bits per heavy atom. The predicted molar refractivity (Wildman–Crippen MR) is 38.0 cm³/mol. The minimum atomic E-state index is 0. The largest absolute Gasteiger partial charge is 0.0776 e. The molecule has 0 saturated carbocycles. The topological polar surface area (TPSA) is 0 Å². The number of hydrogen-bond acceptors (Lipinski definition) is 0. The maximum absolute atomic E-state index is 0. The first kappa shape index (κ1) is 68.7. The van der Waals surface area contributed by atoms with Crippen LogP contribution in [0.3, 0.4) is 0 Å². The minimum absolute atomic E-state index is 0. The molecule has 0 N–H and O–H groups in total. The summed E-state index contributed by atoms with van der Waals surface area (Å²) in [6.45, 7) is 0. The van der Waals surface area contributed by atoms with Gasteiger partial charge in [-0.05, 0) is 0 Å². The van der Waals surface area contributed by atoms with Crippen LogP contribution < -0.4 is 0 Å². The van der Waals surface area contributed by atoms with Crippen molar-refractivity contribution in [2.24, 2.45) is 0 Å². The van der Waals surface area contributed by atoms with Gasteiger partial charge in [0.25, 0.3) is 0 Å². The average Bonchev–Trinajstić information content (AvgIpc) is 0. The van der Waals surface area contributed by atoms with Crippen LogP contribution in [0.1, 0.15) is 26.6 Å². The van der Waals surface area contributed by atoms with Gasteiger partial charge in [-0.15, -0.1) is 0 Å². The summed E-state index contributed by atoms with van der Waals surface area (Å²) in [6.07, 6.45) is 0. The van der Waals surface area contributed by atoms with E-state index in [4.69, 9.17) is 0 Å². The Labute approximate surface area is 80.5 Å². The first-order valence-electron chi connectivity index (χ1n) is 0. The van der Waals surface area contributed by atoms with Gasteiger partial charge in [-0.3, -0.25) is 0 Å². The monoisotopic (exact) mass is 470 g/mol. The molecular weight excluding hydrogens is 450 g/mol. The van der Waals surface area contributed by atoms with Gasteiger partial charge in [0.15, 0.2) is 0 Å². The fraction of sp³-hybridized carbons (Fsp3) is 1.00. The Balaban J connectivity index is 0. The Morgan fingerprint density at radius 1 is 0.600 bits per heavy atom. The van der Waals surface area contributed by atoms with Crippen molar-refractivity contribution in [2.45, 2.75) is 22.3 Å². The summed E-state index contributed by atoms with van der Waals surface area (Å²) in [4.78, 5) is 0. The van der Waals surface area contributed by atoms with E-state index >= 15 is 0 Å². The zero-order valence-electron chi connectivity index (χ0n) is 1.00. The third-order valence-electron chi connectivity index (χ3n) is 0. The van der Waals surface area contributed by atoms with Gasteiger partial charge in [-0.25, -0.2) is 0 Å². The van der Waals surface area contributed by atoms with Gasteiger partial charge < -0.3 is 0 Å². The van der Waals surface area contributed by atoms with Crippen LogP contribution in [0.25, 0.3) is 0 Å². The van der Waals surface area contributed by atoms with Crippen molar-refractivity contribution in [3.05, 3.63) is 0 Å². The van der Waals surface area contributed by atoms with E-state index in [1.54, 1.807) is 0 Å². The molecule has 0 fully saturated rings. The normalized spacial score (nSPS) is 0. The zero-order chi connectivity index (χ0) is 0. The first-order chi connectivity index (χ1) is 0. The number of hydrogen-bond donors (Lipinski definition) is 0. The third-order valence-corrected chi connectivity index (χ3v) is 0. The molecule has 0 aliphatic rings. The molecule has 0 aromatic carbocycles. The molecule has 0 nitrogen and oxygen atoms in total. The molecule has 0 aromatic rings. The second-order valence-corrected chi connectivity index (χ2v) is 0. The van der Waals surface area contributed by atoms with Crippen LogP contribution in [-0.4, -0.2) is 54.6 Å². The van der Waals surface area contributed by atoms with Crippen molar-refractivity contribution in [3.63, 3.8) is 0 Å². The molecule has 0 spiro atoms. The Hall–Kier alpha value is 1.84. The van der Waals surface area contributed by atoms with E-state index in [-0.39, 0.29) is 81.2 Å². The molecule has 0 atom stereocenters. The fourth-order valence-corrected chi connectivity index (χ4v) is 0. The van der Waals surface area contributed by atoms with Crippen molar-refractivity contribution in [2.75, 3.05) is 0 Å². The Kier molecular flexibility index (Phi) is 554. The molecule has 8 radical (unpaired) electrons. The minimum Gasteiger partial charge on any atom is -0.0776 e. The van der Waals surface area contributed by atoms with E-state index in [0.29, 0.717) is 0 Å². The van der Waals surface area contributed by atoms with Gasteiger partial charge in [0.2, 0.25) is 0 Å². The van der Waals surface area contributed by atoms with Gasteiger partial charge in [-0.2, -0.15) is 0 Å². The predicted octanol–water partition coefficient (Wildman–Crippen LogP) is 1.88. The first-order valence-corrected chi connectivity index (χ1v) is 0. The molecule has 5 heavy (non-hydrogen) atoms. The van der Waals surface area contributed by atoms with Crippen LogP contribution in [0.15, 0.2) is 0 Å². The quantitative estimate of drug-likeness (QED) is 0.477. The van der Waals surface area contributed by atoms with Crippen molar-refractivity contribution in [1.82, 2.24) is 0 Å². The molecule has 0 heterocycles. The molecule has 38 valence electrons. The van der Waals surface area contributed by atoms with Crippen LogP contribution >= 0.6 is 0 Å². The van der Waals surface area contributed by atoms with E-state index < -0.39 is 0 Å². The van der Waals surface area contributed by atoms with Crippen molar-refractivity contribution < 1.29 is 4.28 Å². The molecule has 0 aromatic heterocycles. The van der Waals surface area contributed by atoms with Crippen molar-refractivity contribution in [3.8, 4) is 0 Å². The molecular formula is C3H18Pb2. The van der Waals surface area contributed by atoms with E-state index in [0.717, 1.165) is 0 Å². The molecule has 0 unspecified atom stereocenters. The zero-order valence-corrected chi connectivity index (χ0v) is 8.77. The SMILES string of the molecule is C.C.C.[HH].[HH].[HH].[Pb].[Pb]. The van der Waals surface area contributed by atoms with E-state index in [1.807, 2.05) is 0 Å². The summed E-state index contributed by atoms with van der Waals surface area (Å²) in [5.74, 6) is 0. The van der Waals surface area contributed by atoms with Crippen LogP contribution in [0.4, 0.5) is 0 Å². The summed E-state index contributed by atoms with van der Waals surface area (Å²) in [7, 11) is 0. The van der Waals surface area contributed by atoms with Gasteiger partial charge >= 0.3 is 0 Å². The smallest absolute Gasteiger partial charge is 0 e. The van der Waals surface area contributed by atoms with E-state index in [1.165, 1.54) is 0 Å². The maximum Gasteiger partial charge on any atom is 0 e. The Bertz CT molecular complexity index is 12.5. The van der Waals surface area contributed by atoms with Gasteiger partial charge in [0, 0.05) is 58.9 Å². The van der Waals surface area contributed by atoms with E-state index in [9.17, 15) is 0 Å². The van der Waals surface area contributed by atoms with Crippen LogP contribution in [0.5, 0.6) is 0 Å². The van der Waals surface area contributed by atoms with Gasteiger partial charge in [0.05, 0.1) is 0 Å². The van der Waals surface area contributed by atoms with Gasteiger partial charge in [-0.1, -0.05) is 22.3 Å². The summed E-state index contributed by atoms with van der Waals surface area (Å²) >= 11 is 0. The summed E-state index contributed by atoms with van der Waals surface area (Å²) < 4.78 is 0. The van der Waals surface area contributed by atoms with Crippen LogP contribution in [0, 0.1) is 0 Å².